The molecule has 1 N–H and O–H groups in total. The van der Waals surface area contributed by atoms with Gasteiger partial charge in [0.05, 0.1) is 11.4 Å². The minimum absolute atomic E-state index is 0.105. The van der Waals surface area contributed by atoms with E-state index in [4.69, 9.17) is 6.42 Å². The molecule has 1 heterocycles. The molecule has 2 rings (SSSR count). The summed E-state index contributed by atoms with van der Waals surface area (Å²) in [5, 5.41) is 2.56. The molecule has 5 nitrogen and oxygen atoms in total. The van der Waals surface area contributed by atoms with E-state index in [1.807, 2.05) is 6.92 Å². The van der Waals surface area contributed by atoms with Crippen molar-refractivity contribution in [2.24, 2.45) is 0 Å². The third kappa shape index (κ3) is 3.26. The third-order valence-corrected chi connectivity index (χ3v) is 5.42. The van der Waals surface area contributed by atoms with Crippen molar-refractivity contribution < 1.29 is 13.2 Å². The van der Waals surface area contributed by atoms with Gasteiger partial charge in [0.15, 0.2) is 0 Å². The van der Waals surface area contributed by atoms with E-state index in [-0.39, 0.29) is 17.3 Å². The summed E-state index contributed by atoms with van der Waals surface area (Å²) in [6, 6.07) is 5.95. The second kappa shape index (κ2) is 6.29. The number of amides is 1. The topological polar surface area (TPSA) is 66.5 Å². The van der Waals surface area contributed by atoms with E-state index < -0.39 is 16.1 Å². The van der Waals surface area contributed by atoms with Crippen LogP contribution in [0.25, 0.3) is 0 Å². The van der Waals surface area contributed by atoms with E-state index in [2.05, 4.69) is 11.2 Å². The Kier molecular flexibility index (Phi) is 4.66. The molecular weight excluding hydrogens is 288 g/mol. The zero-order valence-corrected chi connectivity index (χ0v) is 12.7. The Morgan fingerprint density at radius 1 is 1.43 bits per heavy atom. The molecule has 0 aromatic heterocycles. The molecule has 1 aromatic carbocycles. The van der Waals surface area contributed by atoms with Crippen LogP contribution in [-0.4, -0.2) is 37.8 Å². The largest absolute Gasteiger partial charge is 0.344 e. The number of nitrogens with one attached hydrogen (secondary N) is 1. The van der Waals surface area contributed by atoms with Gasteiger partial charge in [0, 0.05) is 6.54 Å². The maximum atomic E-state index is 12.6. The smallest absolute Gasteiger partial charge is 0.243 e. The van der Waals surface area contributed by atoms with Crippen molar-refractivity contribution in [2.75, 3.05) is 13.1 Å². The Morgan fingerprint density at radius 3 is 2.71 bits per heavy atom. The number of hydrogen-bond donors (Lipinski definition) is 1. The molecule has 1 saturated heterocycles. The summed E-state index contributed by atoms with van der Waals surface area (Å²) in [5.41, 5.74) is 0.985. The summed E-state index contributed by atoms with van der Waals surface area (Å²) >= 11 is 0. The molecule has 1 aliphatic rings. The first-order chi connectivity index (χ1) is 9.96. The zero-order valence-electron chi connectivity index (χ0n) is 11.9. The number of carbonyl (C=O) groups excluding carboxylic acids is 1. The van der Waals surface area contributed by atoms with Crippen molar-refractivity contribution in [3.63, 3.8) is 0 Å². The minimum Gasteiger partial charge on any atom is -0.344 e. The highest BCUT2D eigenvalue weighted by molar-refractivity contribution is 7.89. The first kappa shape index (κ1) is 15.5. The molecule has 112 valence electrons. The SMILES string of the molecule is C#CCNC(=O)[C@H]1CCCN1S(=O)(=O)c1ccc(C)cc1. The standard InChI is InChI=1S/C15H18N2O3S/c1-3-10-16-15(18)14-5-4-11-17(14)21(19,20)13-8-6-12(2)7-9-13/h1,6-9,14H,4-5,10-11H2,2H3,(H,16,18)/t14-/m1/s1. The van der Waals surface area contributed by atoms with Crippen LogP contribution in [0.4, 0.5) is 0 Å². The molecule has 0 aliphatic carbocycles. The molecule has 1 fully saturated rings. The van der Waals surface area contributed by atoms with Gasteiger partial charge in [-0.2, -0.15) is 4.31 Å². The Morgan fingerprint density at radius 2 is 2.10 bits per heavy atom. The Balaban J connectivity index is 2.24. The van der Waals surface area contributed by atoms with E-state index in [9.17, 15) is 13.2 Å². The number of carbonyl (C=O) groups is 1. The fourth-order valence-corrected chi connectivity index (χ4v) is 4.05. The lowest BCUT2D eigenvalue weighted by atomic mass is 10.2. The van der Waals surface area contributed by atoms with Crippen molar-refractivity contribution in [3.8, 4) is 12.3 Å². The average molecular weight is 306 g/mol. The summed E-state index contributed by atoms with van der Waals surface area (Å²) in [4.78, 5) is 12.2. The molecule has 0 saturated carbocycles. The van der Waals surface area contributed by atoms with Crippen LogP contribution < -0.4 is 5.32 Å². The van der Waals surface area contributed by atoms with Gasteiger partial charge in [-0.15, -0.1) is 6.42 Å². The molecule has 0 radical (unpaired) electrons. The van der Waals surface area contributed by atoms with Crippen LogP contribution in [0.3, 0.4) is 0 Å². The summed E-state index contributed by atoms with van der Waals surface area (Å²) in [6.45, 7) is 2.35. The van der Waals surface area contributed by atoms with Crippen LogP contribution in [-0.2, 0) is 14.8 Å². The van der Waals surface area contributed by atoms with Crippen molar-refractivity contribution in [1.82, 2.24) is 9.62 Å². The fraction of sp³-hybridized carbons (Fsp3) is 0.400. The lowest BCUT2D eigenvalue weighted by Gasteiger charge is -2.23. The molecule has 0 spiro atoms. The molecule has 0 unspecified atom stereocenters. The number of benzene rings is 1. The van der Waals surface area contributed by atoms with Gasteiger partial charge in [-0.3, -0.25) is 4.79 Å². The van der Waals surface area contributed by atoms with E-state index in [0.717, 1.165) is 5.56 Å². The normalized spacial score (nSPS) is 19.1. The minimum atomic E-state index is -3.65. The van der Waals surface area contributed by atoms with E-state index in [0.29, 0.717) is 19.4 Å². The van der Waals surface area contributed by atoms with Crippen LogP contribution >= 0.6 is 0 Å². The first-order valence-corrected chi connectivity index (χ1v) is 8.20. The molecule has 1 amide bonds. The summed E-state index contributed by atoms with van der Waals surface area (Å²) < 4.78 is 26.5. The molecule has 1 aromatic rings. The molecule has 1 atom stereocenters. The maximum absolute atomic E-state index is 12.6. The van der Waals surface area contributed by atoms with Crippen LogP contribution in [0, 0.1) is 19.3 Å². The maximum Gasteiger partial charge on any atom is 0.243 e. The summed E-state index contributed by atoms with van der Waals surface area (Å²) in [5.74, 6) is 1.98. The highest BCUT2D eigenvalue weighted by atomic mass is 32.2. The fourth-order valence-electron chi connectivity index (χ4n) is 2.39. The lowest BCUT2D eigenvalue weighted by Crippen LogP contribution is -2.45. The van der Waals surface area contributed by atoms with Gasteiger partial charge in [-0.05, 0) is 31.9 Å². The predicted molar refractivity (Wildman–Crippen MR) is 79.9 cm³/mol. The van der Waals surface area contributed by atoms with Gasteiger partial charge < -0.3 is 5.32 Å². The number of aryl methyl sites for hydroxylation is 1. The molecular formula is C15H18N2O3S. The Bertz CT molecular complexity index is 659. The van der Waals surface area contributed by atoms with Crippen molar-refractivity contribution in [3.05, 3.63) is 29.8 Å². The predicted octanol–water partition coefficient (Wildman–Crippen LogP) is 0.898. The molecule has 6 heteroatoms. The Labute approximate surface area is 125 Å². The highest BCUT2D eigenvalue weighted by Crippen LogP contribution is 2.26. The number of nitrogens with zero attached hydrogens (tertiary/aromatic N) is 1. The first-order valence-electron chi connectivity index (χ1n) is 6.76. The Hall–Kier alpha value is -1.84. The monoisotopic (exact) mass is 306 g/mol. The summed E-state index contributed by atoms with van der Waals surface area (Å²) in [7, 11) is -3.65. The van der Waals surface area contributed by atoms with Gasteiger partial charge in [0.2, 0.25) is 15.9 Å². The number of terminal acetylenes is 1. The second-order valence-electron chi connectivity index (χ2n) is 5.01. The lowest BCUT2D eigenvalue weighted by molar-refractivity contribution is -0.123. The molecule has 21 heavy (non-hydrogen) atoms. The van der Waals surface area contributed by atoms with E-state index in [1.165, 1.54) is 4.31 Å². The van der Waals surface area contributed by atoms with Crippen LogP contribution in [0.15, 0.2) is 29.2 Å². The van der Waals surface area contributed by atoms with Gasteiger partial charge in [-0.25, -0.2) is 8.42 Å². The van der Waals surface area contributed by atoms with Gasteiger partial charge in [0.25, 0.3) is 0 Å². The quantitative estimate of drug-likeness (QED) is 0.840. The average Bonchev–Trinajstić information content (AvgIpc) is 2.95. The van der Waals surface area contributed by atoms with Crippen LogP contribution in [0.1, 0.15) is 18.4 Å². The van der Waals surface area contributed by atoms with Crippen molar-refractivity contribution in [1.29, 1.82) is 0 Å². The third-order valence-electron chi connectivity index (χ3n) is 3.50. The van der Waals surface area contributed by atoms with Crippen molar-refractivity contribution in [2.45, 2.75) is 30.7 Å². The van der Waals surface area contributed by atoms with Crippen molar-refractivity contribution >= 4 is 15.9 Å². The van der Waals surface area contributed by atoms with E-state index >= 15 is 0 Å². The number of sulfonamides is 1. The van der Waals surface area contributed by atoms with Gasteiger partial charge >= 0.3 is 0 Å². The molecule has 1 aliphatic heterocycles. The highest BCUT2D eigenvalue weighted by Gasteiger charge is 2.39. The second-order valence-corrected chi connectivity index (χ2v) is 6.90. The van der Waals surface area contributed by atoms with Crippen LogP contribution in [0.5, 0.6) is 0 Å². The zero-order chi connectivity index (χ0) is 15.5. The van der Waals surface area contributed by atoms with Gasteiger partial charge in [0.1, 0.15) is 6.04 Å². The van der Waals surface area contributed by atoms with E-state index in [1.54, 1.807) is 24.3 Å². The number of rotatable bonds is 4. The molecule has 0 bridgehead atoms. The summed E-state index contributed by atoms with van der Waals surface area (Å²) in [6.07, 6.45) is 6.29. The van der Waals surface area contributed by atoms with Crippen LogP contribution in [0.2, 0.25) is 0 Å². The van der Waals surface area contributed by atoms with Gasteiger partial charge in [-0.1, -0.05) is 23.6 Å². The number of hydrogen-bond acceptors (Lipinski definition) is 3.